The van der Waals surface area contributed by atoms with Gasteiger partial charge >= 0.3 is 12.1 Å². The number of carbonyl (C=O) groups is 2. The Kier molecular flexibility index (Phi) is 6.16. The zero-order valence-electron chi connectivity index (χ0n) is 17.2. The number of amides is 1. The first-order valence-corrected chi connectivity index (χ1v) is 10.3. The summed E-state index contributed by atoms with van der Waals surface area (Å²) >= 11 is 0. The van der Waals surface area contributed by atoms with E-state index in [1.54, 1.807) is 12.1 Å². The molecule has 1 N–H and O–H groups in total. The van der Waals surface area contributed by atoms with E-state index in [1.165, 1.54) is 0 Å². The van der Waals surface area contributed by atoms with Crippen molar-refractivity contribution in [1.29, 1.82) is 0 Å². The van der Waals surface area contributed by atoms with Crippen LogP contribution in [0.4, 0.5) is 10.5 Å². The van der Waals surface area contributed by atoms with Gasteiger partial charge in [-0.05, 0) is 82.6 Å². The Hall–Kier alpha value is -2.24. The molecule has 1 aromatic rings. The van der Waals surface area contributed by atoms with Crippen LogP contribution >= 0.6 is 0 Å². The van der Waals surface area contributed by atoms with Crippen molar-refractivity contribution in [2.24, 2.45) is 11.8 Å². The van der Waals surface area contributed by atoms with Crippen LogP contribution in [0.1, 0.15) is 56.8 Å². The van der Waals surface area contributed by atoms with E-state index in [-0.39, 0.29) is 6.09 Å². The highest BCUT2D eigenvalue weighted by Crippen LogP contribution is 2.34. The van der Waals surface area contributed by atoms with Crippen LogP contribution in [0.15, 0.2) is 24.3 Å². The van der Waals surface area contributed by atoms with Gasteiger partial charge in [-0.15, -0.1) is 0 Å². The first-order chi connectivity index (χ1) is 13.2. The summed E-state index contributed by atoms with van der Waals surface area (Å²) in [6, 6.07) is 7.17. The Bertz CT molecular complexity index is 679. The van der Waals surface area contributed by atoms with Crippen molar-refractivity contribution in [2.45, 2.75) is 52.1 Å². The van der Waals surface area contributed by atoms with E-state index >= 15 is 0 Å². The fraction of sp³-hybridized carbons (Fsp3) is 0.636. The van der Waals surface area contributed by atoms with Crippen molar-refractivity contribution in [1.82, 2.24) is 4.90 Å². The average Bonchev–Trinajstić information content (AvgIpc) is 2.67. The number of nitrogens with zero attached hydrogens (tertiary/aromatic N) is 2. The van der Waals surface area contributed by atoms with Gasteiger partial charge in [-0.25, -0.2) is 9.59 Å². The molecule has 2 aliphatic rings. The number of carboxylic acids is 1. The van der Waals surface area contributed by atoms with Gasteiger partial charge in [0.25, 0.3) is 0 Å². The van der Waals surface area contributed by atoms with Gasteiger partial charge in [0.15, 0.2) is 0 Å². The quantitative estimate of drug-likeness (QED) is 0.838. The van der Waals surface area contributed by atoms with Gasteiger partial charge in [-0.1, -0.05) is 0 Å². The molecule has 6 heteroatoms. The number of benzene rings is 1. The number of likely N-dealkylation sites (tertiary alicyclic amines) is 1. The second-order valence-corrected chi connectivity index (χ2v) is 8.98. The molecule has 28 heavy (non-hydrogen) atoms. The molecule has 1 amide bonds. The molecule has 2 heterocycles. The Balaban J connectivity index is 1.46. The largest absolute Gasteiger partial charge is 0.478 e. The Morgan fingerprint density at radius 3 is 1.89 bits per heavy atom. The zero-order valence-corrected chi connectivity index (χ0v) is 17.2. The van der Waals surface area contributed by atoms with E-state index in [2.05, 4.69) is 4.90 Å². The molecule has 0 bridgehead atoms. The summed E-state index contributed by atoms with van der Waals surface area (Å²) in [5.74, 6) is 0.494. The molecule has 0 atom stereocenters. The molecule has 1 aromatic carbocycles. The molecule has 2 fully saturated rings. The molecule has 2 aliphatic heterocycles. The fourth-order valence-corrected chi connectivity index (χ4v) is 4.32. The minimum Gasteiger partial charge on any atom is -0.478 e. The minimum atomic E-state index is -0.886. The molecule has 154 valence electrons. The molecule has 6 nitrogen and oxygen atoms in total. The van der Waals surface area contributed by atoms with E-state index in [1.807, 2.05) is 37.8 Å². The molecule has 3 rings (SSSR count). The lowest BCUT2D eigenvalue weighted by atomic mass is 9.79. The number of carbonyl (C=O) groups excluding carboxylic acids is 1. The van der Waals surface area contributed by atoms with Crippen molar-refractivity contribution in [3.05, 3.63) is 29.8 Å². The second kappa shape index (κ2) is 8.41. The lowest BCUT2D eigenvalue weighted by Gasteiger charge is -2.41. The summed E-state index contributed by atoms with van der Waals surface area (Å²) in [6.07, 6.45) is 4.22. The van der Waals surface area contributed by atoms with Crippen LogP contribution in [-0.2, 0) is 4.74 Å². The maximum Gasteiger partial charge on any atom is 0.410 e. The van der Waals surface area contributed by atoms with Crippen molar-refractivity contribution >= 4 is 17.7 Å². The molecule has 0 aromatic heterocycles. The lowest BCUT2D eigenvalue weighted by molar-refractivity contribution is 0.0152. The number of anilines is 1. The number of ether oxygens (including phenoxy) is 1. The highest BCUT2D eigenvalue weighted by atomic mass is 16.6. The highest BCUT2D eigenvalue weighted by molar-refractivity contribution is 5.88. The first kappa shape index (κ1) is 20.5. The number of aromatic carboxylic acids is 1. The third kappa shape index (κ3) is 5.18. The van der Waals surface area contributed by atoms with Gasteiger partial charge in [0.1, 0.15) is 5.60 Å². The molecular formula is C22H32N2O4. The standard InChI is InChI=1S/C22H32N2O4/c1-22(2,3)28-21(27)24-14-10-17(11-15-24)16-8-12-23(13-9-16)19-6-4-18(5-7-19)20(25)26/h4-7,16-17H,8-15H2,1-3H3,(H,25,26). The van der Waals surface area contributed by atoms with Crippen molar-refractivity contribution < 1.29 is 19.4 Å². The maximum atomic E-state index is 12.2. The monoisotopic (exact) mass is 388 g/mol. The van der Waals surface area contributed by atoms with E-state index < -0.39 is 11.6 Å². The summed E-state index contributed by atoms with van der Waals surface area (Å²) in [5.41, 5.74) is 0.988. The Morgan fingerprint density at radius 1 is 0.929 bits per heavy atom. The van der Waals surface area contributed by atoms with Crippen LogP contribution in [-0.4, -0.2) is 53.8 Å². The van der Waals surface area contributed by atoms with Crippen LogP contribution in [0.2, 0.25) is 0 Å². The van der Waals surface area contributed by atoms with Gasteiger partial charge in [0, 0.05) is 31.9 Å². The molecule has 0 unspecified atom stereocenters. The van der Waals surface area contributed by atoms with Gasteiger partial charge in [-0.2, -0.15) is 0 Å². The molecule has 0 spiro atoms. The number of piperidine rings is 2. The van der Waals surface area contributed by atoms with Crippen LogP contribution in [0, 0.1) is 11.8 Å². The van der Waals surface area contributed by atoms with Crippen LogP contribution in [0.3, 0.4) is 0 Å². The van der Waals surface area contributed by atoms with E-state index in [0.29, 0.717) is 17.4 Å². The first-order valence-electron chi connectivity index (χ1n) is 10.3. The van der Waals surface area contributed by atoms with Crippen LogP contribution in [0.25, 0.3) is 0 Å². The summed E-state index contributed by atoms with van der Waals surface area (Å²) < 4.78 is 5.49. The number of rotatable bonds is 3. The molecule has 2 saturated heterocycles. The Morgan fingerprint density at radius 2 is 1.43 bits per heavy atom. The van der Waals surface area contributed by atoms with Crippen molar-refractivity contribution in [2.75, 3.05) is 31.1 Å². The predicted molar refractivity (Wildman–Crippen MR) is 109 cm³/mol. The highest BCUT2D eigenvalue weighted by Gasteiger charge is 2.32. The van der Waals surface area contributed by atoms with Gasteiger partial charge in [-0.3, -0.25) is 0 Å². The van der Waals surface area contributed by atoms with E-state index in [0.717, 1.165) is 57.5 Å². The second-order valence-electron chi connectivity index (χ2n) is 8.98. The SMILES string of the molecule is CC(C)(C)OC(=O)N1CCC(C2CCN(c3ccc(C(=O)O)cc3)CC2)CC1. The Labute approximate surface area is 167 Å². The predicted octanol–water partition coefficient (Wildman–Crippen LogP) is 4.25. The molecule has 0 radical (unpaired) electrons. The normalized spacial score (nSPS) is 19.5. The van der Waals surface area contributed by atoms with Crippen LogP contribution < -0.4 is 4.90 Å². The summed E-state index contributed by atoms with van der Waals surface area (Å²) in [5, 5.41) is 9.03. The average molecular weight is 389 g/mol. The number of carboxylic acid groups (broad SMARTS) is 1. The van der Waals surface area contributed by atoms with Crippen molar-refractivity contribution in [3.8, 4) is 0 Å². The summed E-state index contributed by atoms with van der Waals surface area (Å²) in [6.45, 7) is 9.29. The summed E-state index contributed by atoms with van der Waals surface area (Å²) in [7, 11) is 0. The van der Waals surface area contributed by atoms with Gasteiger partial charge < -0.3 is 19.6 Å². The summed E-state index contributed by atoms with van der Waals surface area (Å²) in [4.78, 5) is 27.4. The third-order valence-electron chi connectivity index (χ3n) is 5.88. The molecule has 0 saturated carbocycles. The zero-order chi connectivity index (χ0) is 20.3. The number of hydrogen-bond donors (Lipinski definition) is 1. The minimum absolute atomic E-state index is 0.189. The topological polar surface area (TPSA) is 70.1 Å². The van der Waals surface area contributed by atoms with Crippen molar-refractivity contribution in [3.63, 3.8) is 0 Å². The lowest BCUT2D eigenvalue weighted by Crippen LogP contribution is -2.44. The smallest absolute Gasteiger partial charge is 0.410 e. The van der Waals surface area contributed by atoms with E-state index in [9.17, 15) is 9.59 Å². The maximum absolute atomic E-state index is 12.2. The van der Waals surface area contributed by atoms with Gasteiger partial charge in [0.2, 0.25) is 0 Å². The van der Waals surface area contributed by atoms with Gasteiger partial charge in [0.05, 0.1) is 5.56 Å². The molecule has 0 aliphatic carbocycles. The third-order valence-corrected chi connectivity index (χ3v) is 5.88. The van der Waals surface area contributed by atoms with E-state index in [4.69, 9.17) is 9.84 Å². The number of hydrogen-bond acceptors (Lipinski definition) is 4. The molecular weight excluding hydrogens is 356 g/mol. The fourth-order valence-electron chi connectivity index (χ4n) is 4.32. The van der Waals surface area contributed by atoms with Crippen LogP contribution in [0.5, 0.6) is 0 Å².